The molecule has 0 radical (unpaired) electrons. The maximum absolute atomic E-state index is 12.6. The van der Waals surface area contributed by atoms with Crippen LogP contribution >= 0.6 is 0 Å². The summed E-state index contributed by atoms with van der Waals surface area (Å²) in [5, 5.41) is 24.1. The minimum absolute atomic E-state index is 0.0121. The van der Waals surface area contributed by atoms with Crippen LogP contribution in [0.4, 0.5) is 4.79 Å². The summed E-state index contributed by atoms with van der Waals surface area (Å²) in [6, 6.07) is 23.0. The van der Waals surface area contributed by atoms with Gasteiger partial charge in [-0.05, 0) is 30.2 Å². The number of aryl methyl sites for hydroxylation is 1. The molecule has 0 spiro atoms. The zero-order valence-corrected chi connectivity index (χ0v) is 22.1. The van der Waals surface area contributed by atoms with Crippen LogP contribution in [-0.2, 0) is 41.7 Å². The normalized spacial score (nSPS) is 23.2. The summed E-state index contributed by atoms with van der Waals surface area (Å²) < 4.78 is 47.3. The number of amides is 1. The van der Waals surface area contributed by atoms with E-state index in [1.54, 1.807) is 36.4 Å². The second-order valence-corrected chi connectivity index (χ2v) is 10.7. The summed E-state index contributed by atoms with van der Waals surface area (Å²) in [5.41, 5.74) is 2.43. The van der Waals surface area contributed by atoms with Crippen molar-refractivity contribution in [2.75, 3.05) is 6.61 Å². The highest BCUT2D eigenvalue weighted by molar-refractivity contribution is 7.86. The molecule has 0 aromatic heterocycles. The number of alkyl carbamates (subject to hydrolysis) is 1. The molecule has 0 unspecified atom stereocenters. The first kappa shape index (κ1) is 28.7. The zero-order valence-electron chi connectivity index (χ0n) is 21.3. The minimum atomic E-state index is -4.16. The third kappa shape index (κ3) is 7.85. The Morgan fingerprint density at radius 1 is 0.872 bits per heavy atom. The Hall–Kier alpha value is -3.32. The van der Waals surface area contributed by atoms with Crippen molar-refractivity contribution in [2.24, 2.45) is 0 Å². The Morgan fingerprint density at radius 2 is 1.46 bits per heavy atom. The first-order valence-electron chi connectivity index (χ1n) is 12.3. The Morgan fingerprint density at radius 3 is 2.08 bits per heavy atom. The van der Waals surface area contributed by atoms with E-state index in [9.17, 15) is 23.4 Å². The van der Waals surface area contributed by atoms with Gasteiger partial charge >= 0.3 is 6.09 Å². The lowest BCUT2D eigenvalue weighted by molar-refractivity contribution is -0.271. The standard InChI is InChI=1S/C28H31NO9S/c1-19-12-14-22(15-13-19)39(33,34)37-18-23-25(30)26(31)24(27(38-23)35-16-20-8-4-2-5-9-20)29-28(32)36-17-21-10-6-3-7-11-21/h2-15,23-27,30-31H,16-18H2,1H3,(H,29,32)/t23-,24-,25-,26-,27+/m1/s1. The van der Waals surface area contributed by atoms with E-state index in [2.05, 4.69) is 5.32 Å². The smallest absolute Gasteiger partial charge is 0.407 e. The van der Waals surface area contributed by atoms with Gasteiger partial charge in [0.1, 0.15) is 31.0 Å². The third-order valence-electron chi connectivity index (χ3n) is 6.15. The van der Waals surface area contributed by atoms with Crippen molar-refractivity contribution in [1.82, 2.24) is 5.32 Å². The minimum Gasteiger partial charge on any atom is -0.445 e. The Kier molecular flexibility index (Phi) is 9.68. The van der Waals surface area contributed by atoms with E-state index >= 15 is 0 Å². The third-order valence-corrected chi connectivity index (χ3v) is 7.45. The molecule has 11 heteroatoms. The molecule has 5 atom stereocenters. The van der Waals surface area contributed by atoms with Crippen LogP contribution in [0.2, 0.25) is 0 Å². The highest BCUT2D eigenvalue weighted by Crippen LogP contribution is 2.25. The molecule has 3 N–H and O–H groups in total. The maximum Gasteiger partial charge on any atom is 0.407 e. The zero-order chi connectivity index (χ0) is 27.8. The number of rotatable bonds is 10. The van der Waals surface area contributed by atoms with Crippen LogP contribution in [-0.4, -0.2) is 62.0 Å². The van der Waals surface area contributed by atoms with Crippen molar-refractivity contribution < 1.29 is 41.8 Å². The topological polar surface area (TPSA) is 141 Å². The average molecular weight is 558 g/mol. The van der Waals surface area contributed by atoms with E-state index < -0.39 is 53.5 Å². The van der Waals surface area contributed by atoms with E-state index in [4.69, 9.17) is 18.4 Å². The molecule has 3 aromatic carbocycles. The number of ether oxygens (including phenoxy) is 3. The quantitative estimate of drug-likeness (QED) is 0.321. The number of aliphatic hydroxyl groups excluding tert-OH is 2. The van der Waals surface area contributed by atoms with Gasteiger partial charge in [0.15, 0.2) is 6.29 Å². The van der Waals surface area contributed by atoms with E-state index in [-0.39, 0.29) is 18.1 Å². The lowest BCUT2D eigenvalue weighted by Gasteiger charge is -2.42. The molecule has 3 aromatic rings. The molecule has 0 bridgehead atoms. The highest BCUT2D eigenvalue weighted by Gasteiger charge is 2.46. The molecule has 1 fully saturated rings. The molecule has 4 rings (SSSR count). The van der Waals surface area contributed by atoms with Gasteiger partial charge in [0, 0.05) is 0 Å². The second kappa shape index (κ2) is 13.2. The van der Waals surface area contributed by atoms with Crippen LogP contribution in [0, 0.1) is 6.92 Å². The molecule has 0 aliphatic carbocycles. The van der Waals surface area contributed by atoms with Gasteiger partial charge in [-0.25, -0.2) is 4.79 Å². The van der Waals surface area contributed by atoms with Crippen LogP contribution in [0.5, 0.6) is 0 Å². The van der Waals surface area contributed by atoms with Gasteiger partial charge in [-0.1, -0.05) is 78.4 Å². The predicted molar refractivity (Wildman–Crippen MR) is 140 cm³/mol. The Bertz CT molecular complexity index is 1300. The number of hydrogen-bond acceptors (Lipinski definition) is 9. The summed E-state index contributed by atoms with van der Waals surface area (Å²) >= 11 is 0. The van der Waals surface area contributed by atoms with Crippen LogP contribution in [0.1, 0.15) is 16.7 Å². The number of hydrogen-bond donors (Lipinski definition) is 3. The molecule has 1 saturated heterocycles. The fraction of sp³-hybridized carbons (Fsp3) is 0.321. The van der Waals surface area contributed by atoms with E-state index in [0.29, 0.717) is 0 Å². The average Bonchev–Trinajstić information content (AvgIpc) is 2.95. The van der Waals surface area contributed by atoms with Gasteiger partial charge in [0.05, 0.1) is 18.1 Å². The molecule has 10 nitrogen and oxygen atoms in total. The summed E-state index contributed by atoms with van der Waals surface area (Å²) in [6.07, 6.45) is -6.58. The van der Waals surface area contributed by atoms with Crippen molar-refractivity contribution in [3.05, 3.63) is 102 Å². The maximum atomic E-state index is 12.6. The van der Waals surface area contributed by atoms with Gasteiger partial charge in [0.25, 0.3) is 10.1 Å². The molecular formula is C28H31NO9S. The number of aliphatic hydroxyl groups is 2. The number of benzene rings is 3. The Labute approximate surface area is 227 Å². The first-order valence-corrected chi connectivity index (χ1v) is 13.7. The largest absolute Gasteiger partial charge is 0.445 e. The SMILES string of the molecule is Cc1ccc(S(=O)(=O)OC[C@H]2O[C@H](OCc3ccccc3)[C@H](NC(=O)OCc3ccccc3)[C@@H](O)[C@@H]2O)cc1. The van der Waals surface area contributed by atoms with Crippen molar-refractivity contribution in [2.45, 2.75) is 55.7 Å². The summed E-state index contributed by atoms with van der Waals surface area (Å²) in [4.78, 5) is 12.5. The number of nitrogens with one attached hydrogen (secondary N) is 1. The van der Waals surface area contributed by atoms with Crippen molar-refractivity contribution in [1.29, 1.82) is 0 Å². The van der Waals surface area contributed by atoms with Crippen LogP contribution in [0.15, 0.2) is 89.8 Å². The first-order chi connectivity index (χ1) is 18.7. The molecule has 1 amide bonds. The van der Waals surface area contributed by atoms with Gasteiger partial charge in [-0.3, -0.25) is 4.18 Å². The van der Waals surface area contributed by atoms with Crippen LogP contribution in [0.25, 0.3) is 0 Å². The van der Waals surface area contributed by atoms with Crippen molar-refractivity contribution >= 4 is 16.2 Å². The molecule has 1 aliphatic rings. The molecule has 1 aliphatic heterocycles. The van der Waals surface area contributed by atoms with E-state index in [0.717, 1.165) is 16.7 Å². The van der Waals surface area contributed by atoms with Crippen molar-refractivity contribution in [3.8, 4) is 0 Å². The summed E-state index contributed by atoms with van der Waals surface area (Å²) in [7, 11) is -4.16. The van der Waals surface area contributed by atoms with E-state index in [1.807, 2.05) is 43.3 Å². The fourth-order valence-corrected chi connectivity index (χ4v) is 4.87. The van der Waals surface area contributed by atoms with Gasteiger partial charge in [0.2, 0.25) is 0 Å². The monoisotopic (exact) mass is 557 g/mol. The summed E-state index contributed by atoms with van der Waals surface area (Å²) in [5.74, 6) is 0. The van der Waals surface area contributed by atoms with Gasteiger partial charge < -0.3 is 29.7 Å². The predicted octanol–water partition coefficient (Wildman–Crippen LogP) is 2.66. The summed E-state index contributed by atoms with van der Waals surface area (Å²) in [6.45, 7) is 1.27. The number of carbonyl (C=O) groups is 1. The highest BCUT2D eigenvalue weighted by atomic mass is 32.2. The van der Waals surface area contributed by atoms with E-state index in [1.165, 1.54) is 12.1 Å². The molecular weight excluding hydrogens is 526 g/mol. The molecule has 39 heavy (non-hydrogen) atoms. The molecule has 1 heterocycles. The number of carbonyl (C=O) groups excluding carboxylic acids is 1. The molecule has 0 saturated carbocycles. The van der Waals surface area contributed by atoms with Gasteiger partial charge in [-0.2, -0.15) is 8.42 Å². The van der Waals surface area contributed by atoms with Gasteiger partial charge in [-0.15, -0.1) is 0 Å². The fourth-order valence-electron chi connectivity index (χ4n) is 3.95. The lowest BCUT2D eigenvalue weighted by Crippen LogP contribution is -2.64. The second-order valence-electron chi connectivity index (χ2n) is 9.10. The Balaban J connectivity index is 1.44. The lowest BCUT2D eigenvalue weighted by atomic mass is 9.97. The van der Waals surface area contributed by atoms with Crippen LogP contribution in [0.3, 0.4) is 0 Å². The van der Waals surface area contributed by atoms with Crippen LogP contribution < -0.4 is 5.32 Å². The molecule has 208 valence electrons. The van der Waals surface area contributed by atoms with Crippen molar-refractivity contribution in [3.63, 3.8) is 0 Å².